The van der Waals surface area contributed by atoms with Crippen LogP contribution in [0.4, 0.5) is 0 Å². The standard InChI is InChI=1S/C25H20Br2O6/c1-10-7-17(26)19(21(28)12(10)3)25(20-18(27)8-11(2)13(4)22(20)29)16-6-5-14(23(30)31)9-15(16)24(32)33-25/h5-9,28-29H,1-4H3,(H,30,31). The van der Waals surface area contributed by atoms with Crippen LogP contribution in [0.15, 0.2) is 39.3 Å². The average molecular weight is 576 g/mol. The maximum Gasteiger partial charge on any atom is 0.340 e. The van der Waals surface area contributed by atoms with Crippen molar-refractivity contribution >= 4 is 43.8 Å². The highest BCUT2D eigenvalue weighted by molar-refractivity contribution is 9.10. The summed E-state index contributed by atoms with van der Waals surface area (Å²) in [4.78, 5) is 24.7. The van der Waals surface area contributed by atoms with Crippen LogP contribution >= 0.6 is 31.9 Å². The highest BCUT2D eigenvalue weighted by atomic mass is 79.9. The van der Waals surface area contributed by atoms with Crippen LogP contribution in [0.1, 0.15) is 59.7 Å². The van der Waals surface area contributed by atoms with Crippen molar-refractivity contribution in [2.75, 3.05) is 0 Å². The molecule has 6 nitrogen and oxygen atoms in total. The Morgan fingerprint density at radius 2 is 1.36 bits per heavy atom. The molecular weight excluding hydrogens is 556 g/mol. The third-order valence-corrected chi connectivity index (χ3v) is 7.60. The zero-order valence-corrected chi connectivity index (χ0v) is 21.4. The number of aromatic carboxylic acids is 1. The molecular formula is C25H20Br2O6. The van der Waals surface area contributed by atoms with E-state index in [1.54, 1.807) is 26.0 Å². The summed E-state index contributed by atoms with van der Waals surface area (Å²) in [7, 11) is 0. The van der Waals surface area contributed by atoms with Crippen LogP contribution in [-0.4, -0.2) is 27.3 Å². The highest BCUT2D eigenvalue weighted by Gasteiger charge is 2.54. The van der Waals surface area contributed by atoms with Gasteiger partial charge in [-0.15, -0.1) is 0 Å². The number of ether oxygens (including phenoxy) is 1. The van der Waals surface area contributed by atoms with Gasteiger partial charge in [-0.25, -0.2) is 9.59 Å². The van der Waals surface area contributed by atoms with Crippen molar-refractivity contribution in [3.63, 3.8) is 0 Å². The summed E-state index contributed by atoms with van der Waals surface area (Å²) in [6, 6.07) is 7.71. The monoisotopic (exact) mass is 574 g/mol. The highest BCUT2D eigenvalue weighted by Crippen LogP contribution is 2.57. The number of rotatable bonds is 3. The zero-order chi connectivity index (χ0) is 24.4. The first kappa shape index (κ1) is 23.3. The lowest BCUT2D eigenvalue weighted by Gasteiger charge is -2.34. The Labute approximate surface area is 207 Å². The van der Waals surface area contributed by atoms with E-state index >= 15 is 0 Å². The number of fused-ring (bicyclic) bond motifs is 1. The lowest BCUT2D eigenvalue weighted by Crippen LogP contribution is -2.31. The molecule has 0 saturated heterocycles. The molecule has 8 heteroatoms. The molecule has 1 aliphatic heterocycles. The van der Waals surface area contributed by atoms with Gasteiger partial charge in [-0.2, -0.15) is 0 Å². The zero-order valence-electron chi connectivity index (χ0n) is 18.2. The minimum Gasteiger partial charge on any atom is -0.507 e. The van der Waals surface area contributed by atoms with Crippen molar-refractivity contribution in [2.45, 2.75) is 33.3 Å². The van der Waals surface area contributed by atoms with Crippen LogP contribution in [0.3, 0.4) is 0 Å². The number of phenols is 2. The Kier molecular flexibility index (Phi) is 5.57. The quantitative estimate of drug-likeness (QED) is 0.330. The van der Waals surface area contributed by atoms with Crippen LogP contribution in [0.25, 0.3) is 0 Å². The molecule has 170 valence electrons. The first-order valence-corrected chi connectivity index (χ1v) is 11.6. The van der Waals surface area contributed by atoms with E-state index in [1.807, 2.05) is 13.8 Å². The molecule has 1 heterocycles. The molecule has 3 aromatic rings. The minimum atomic E-state index is -1.74. The fraction of sp³-hybridized carbons (Fsp3) is 0.200. The van der Waals surface area contributed by atoms with E-state index < -0.39 is 17.5 Å². The fourth-order valence-electron chi connectivity index (χ4n) is 4.28. The SMILES string of the molecule is Cc1cc(Br)c(C2(c3c(Br)cc(C)c(C)c3O)OC(=O)c3cc(C(=O)O)ccc32)c(O)c1C. The van der Waals surface area contributed by atoms with E-state index in [9.17, 15) is 24.9 Å². The molecule has 0 radical (unpaired) electrons. The van der Waals surface area contributed by atoms with Crippen LogP contribution < -0.4 is 0 Å². The van der Waals surface area contributed by atoms with Crippen molar-refractivity contribution in [1.82, 2.24) is 0 Å². The van der Waals surface area contributed by atoms with Gasteiger partial charge < -0.3 is 20.1 Å². The van der Waals surface area contributed by atoms with Crippen molar-refractivity contribution in [3.8, 4) is 11.5 Å². The van der Waals surface area contributed by atoms with Crippen molar-refractivity contribution in [3.05, 3.63) is 89.3 Å². The third kappa shape index (κ3) is 3.27. The second-order valence-electron chi connectivity index (χ2n) is 8.18. The molecule has 0 unspecified atom stereocenters. The number of hydrogen-bond donors (Lipinski definition) is 3. The summed E-state index contributed by atoms with van der Waals surface area (Å²) in [5.41, 5.74) is 1.80. The van der Waals surface area contributed by atoms with Gasteiger partial charge in [0.05, 0.1) is 22.3 Å². The number of aryl methyl sites for hydroxylation is 2. The Balaban J connectivity index is 2.23. The molecule has 0 spiro atoms. The molecule has 0 atom stereocenters. The topological polar surface area (TPSA) is 104 Å². The van der Waals surface area contributed by atoms with Crippen LogP contribution in [0, 0.1) is 27.7 Å². The first-order valence-electron chi connectivity index (χ1n) is 10.0. The second kappa shape index (κ2) is 7.88. The summed E-state index contributed by atoms with van der Waals surface area (Å²) in [6.45, 7) is 7.17. The Hall–Kier alpha value is -2.84. The number of aromatic hydroxyl groups is 2. The molecule has 3 N–H and O–H groups in total. The van der Waals surface area contributed by atoms with Crippen molar-refractivity contribution < 1.29 is 29.6 Å². The molecule has 0 amide bonds. The van der Waals surface area contributed by atoms with E-state index in [-0.39, 0.29) is 33.8 Å². The Bertz CT molecular complexity index is 1310. The van der Waals surface area contributed by atoms with Gasteiger partial charge in [0.25, 0.3) is 0 Å². The van der Waals surface area contributed by atoms with Crippen LogP contribution in [-0.2, 0) is 10.3 Å². The van der Waals surface area contributed by atoms with Gasteiger partial charge >= 0.3 is 11.9 Å². The number of carboxylic acid groups (broad SMARTS) is 1. The van der Waals surface area contributed by atoms with Gasteiger partial charge in [0, 0.05) is 14.5 Å². The van der Waals surface area contributed by atoms with E-state index in [1.165, 1.54) is 18.2 Å². The fourth-order valence-corrected chi connectivity index (χ4v) is 5.90. The van der Waals surface area contributed by atoms with Crippen LogP contribution in [0.5, 0.6) is 11.5 Å². The van der Waals surface area contributed by atoms with Crippen molar-refractivity contribution in [2.24, 2.45) is 0 Å². The number of benzene rings is 3. The number of cyclic esters (lactones) is 1. The molecule has 33 heavy (non-hydrogen) atoms. The van der Waals surface area contributed by atoms with Crippen LogP contribution in [0.2, 0.25) is 0 Å². The predicted octanol–water partition coefficient (Wildman–Crippen LogP) is 6.02. The van der Waals surface area contributed by atoms with E-state index in [4.69, 9.17) is 4.74 Å². The summed E-state index contributed by atoms with van der Waals surface area (Å²) in [5, 5.41) is 32.0. The van der Waals surface area contributed by atoms with Gasteiger partial charge in [-0.3, -0.25) is 0 Å². The number of halogens is 2. The van der Waals surface area contributed by atoms with Gasteiger partial charge in [-0.05, 0) is 74.2 Å². The molecule has 4 rings (SSSR count). The number of phenolic OH excluding ortho intramolecular Hbond substituents is 2. The molecule has 0 aromatic heterocycles. The Morgan fingerprint density at radius 1 is 0.879 bits per heavy atom. The Morgan fingerprint density at radius 3 is 1.82 bits per heavy atom. The van der Waals surface area contributed by atoms with Gasteiger partial charge in [0.1, 0.15) is 11.5 Å². The molecule has 0 fully saturated rings. The third-order valence-electron chi connectivity index (χ3n) is 6.35. The number of esters is 1. The summed E-state index contributed by atoms with van der Waals surface area (Å²) in [6.07, 6.45) is 0. The number of carboxylic acids is 1. The average Bonchev–Trinajstić information content (AvgIpc) is 3.02. The van der Waals surface area contributed by atoms with E-state index in [0.717, 1.165) is 11.1 Å². The molecule has 0 saturated carbocycles. The van der Waals surface area contributed by atoms with Gasteiger partial charge in [-0.1, -0.05) is 37.9 Å². The maximum absolute atomic E-state index is 13.1. The van der Waals surface area contributed by atoms with Crippen molar-refractivity contribution in [1.29, 1.82) is 0 Å². The lowest BCUT2D eigenvalue weighted by atomic mass is 9.77. The summed E-state index contributed by atoms with van der Waals surface area (Å²) < 4.78 is 6.96. The maximum atomic E-state index is 13.1. The molecule has 3 aromatic carbocycles. The molecule has 1 aliphatic rings. The largest absolute Gasteiger partial charge is 0.507 e. The number of hydrogen-bond acceptors (Lipinski definition) is 5. The number of carbonyl (C=O) groups excluding carboxylic acids is 1. The summed E-state index contributed by atoms with van der Waals surface area (Å²) in [5.74, 6) is -2.15. The van der Waals surface area contributed by atoms with Gasteiger partial charge in [0.2, 0.25) is 0 Å². The van der Waals surface area contributed by atoms with E-state index in [0.29, 0.717) is 25.6 Å². The molecule has 0 bridgehead atoms. The summed E-state index contributed by atoms with van der Waals surface area (Å²) >= 11 is 7.05. The second-order valence-corrected chi connectivity index (χ2v) is 9.89. The van der Waals surface area contributed by atoms with Gasteiger partial charge in [0.15, 0.2) is 5.60 Å². The lowest BCUT2D eigenvalue weighted by molar-refractivity contribution is 0.0234. The predicted molar refractivity (Wildman–Crippen MR) is 129 cm³/mol. The van der Waals surface area contributed by atoms with E-state index in [2.05, 4.69) is 31.9 Å². The minimum absolute atomic E-state index is 0.0453. The number of carbonyl (C=O) groups is 2. The molecule has 0 aliphatic carbocycles. The normalized spacial score (nSPS) is 14.2. The first-order chi connectivity index (χ1) is 15.4. The smallest absolute Gasteiger partial charge is 0.340 e.